The zero-order valence-corrected chi connectivity index (χ0v) is 23.5. The molecule has 37 heavy (non-hydrogen) atoms. The summed E-state index contributed by atoms with van der Waals surface area (Å²) in [5.74, 6) is 2.67. The predicted octanol–water partition coefficient (Wildman–Crippen LogP) is 9.15. The summed E-state index contributed by atoms with van der Waals surface area (Å²) in [6.45, 7) is 16.0. The van der Waals surface area contributed by atoms with E-state index in [9.17, 15) is 0 Å². The minimum atomic E-state index is 0.128. The number of benzene rings is 4. The van der Waals surface area contributed by atoms with Crippen molar-refractivity contribution in [2.24, 2.45) is 18.4 Å². The van der Waals surface area contributed by atoms with Crippen LogP contribution in [0.25, 0.3) is 43.6 Å². The van der Waals surface area contributed by atoms with Crippen molar-refractivity contribution in [2.75, 3.05) is 0 Å². The Morgan fingerprint density at radius 3 is 2.32 bits per heavy atom. The number of pyridine rings is 1. The first-order valence-corrected chi connectivity index (χ1v) is 13.6. The lowest BCUT2D eigenvalue weighted by atomic mass is 9.81. The molecule has 2 heteroatoms. The molecule has 1 aliphatic rings. The Morgan fingerprint density at radius 2 is 1.59 bits per heavy atom. The first-order chi connectivity index (χ1) is 17.5. The van der Waals surface area contributed by atoms with Crippen LogP contribution in [0.2, 0.25) is 0 Å². The maximum absolute atomic E-state index is 7.12. The molecule has 0 radical (unpaired) electrons. The summed E-state index contributed by atoms with van der Waals surface area (Å²) in [6.07, 6.45) is 4.25. The Balaban J connectivity index is 1.75. The van der Waals surface area contributed by atoms with Crippen LogP contribution in [0.3, 0.4) is 0 Å². The minimum absolute atomic E-state index is 0.128. The lowest BCUT2D eigenvalue weighted by molar-refractivity contribution is -0.659. The lowest BCUT2D eigenvalue weighted by Gasteiger charge is -2.28. The topological polar surface area (TPSA) is 13.1 Å². The summed E-state index contributed by atoms with van der Waals surface area (Å²) >= 11 is 0. The van der Waals surface area contributed by atoms with Crippen molar-refractivity contribution in [3.05, 3.63) is 77.0 Å². The predicted molar refractivity (Wildman–Crippen MR) is 157 cm³/mol. The van der Waals surface area contributed by atoms with Crippen molar-refractivity contribution in [3.63, 3.8) is 0 Å². The summed E-state index contributed by atoms with van der Waals surface area (Å²) in [6, 6.07) is 18.4. The van der Waals surface area contributed by atoms with Gasteiger partial charge in [0, 0.05) is 17.0 Å². The van der Waals surface area contributed by atoms with Gasteiger partial charge in [-0.2, -0.15) is 0 Å². The van der Waals surface area contributed by atoms with E-state index >= 15 is 0 Å². The van der Waals surface area contributed by atoms with Gasteiger partial charge in [0.15, 0.2) is 6.20 Å². The summed E-state index contributed by atoms with van der Waals surface area (Å²) in [4.78, 5) is 0. The molecule has 1 aromatic heterocycles. The number of fused-ring (bicyclic) bond motifs is 5. The summed E-state index contributed by atoms with van der Waals surface area (Å²) in [5, 5.41) is 7.56. The number of aryl methyl sites for hydroxylation is 3. The molecule has 4 aromatic carbocycles. The molecule has 0 amide bonds. The summed E-state index contributed by atoms with van der Waals surface area (Å²) < 4.78 is 9.41. The van der Waals surface area contributed by atoms with Gasteiger partial charge in [-0.1, -0.05) is 76.6 Å². The first-order valence-electron chi connectivity index (χ1n) is 13.6. The van der Waals surface area contributed by atoms with Gasteiger partial charge in [0.25, 0.3) is 0 Å². The Bertz CT molecular complexity index is 1730. The Morgan fingerprint density at radius 1 is 0.838 bits per heavy atom. The summed E-state index contributed by atoms with van der Waals surface area (Å²) in [7, 11) is 2.17. The molecular weight excluding hydrogens is 450 g/mol. The largest absolute Gasteiger partial charge is 0.455 e. The van der Waals surface area contributed by atoms with E-state index in [2.05, 4.69) is 115 Å². The molecule has 1 aliphatic heterocycles. The van der Waals surface area contributed by atoms with Crippen molar-refractivity contribution >= 4 is 32.3 Å². The smallest absolute Gasteiger partial charge is 0.228 e. The molecule has 0 atom stereocenters. The van der Waals surface area contributed by atoms with E-state index in [4.69, 9.17) is 4.74 Å². The van der Waals surface area contributed by atoms with E-state index in [1.54, 1.807) is 0 Å². The monoisotopic (exact) mass is 488 g/mol. The van der Waals surface area contributed by atoms with Crippen LogP contribution in [0.4, 0.5) is 0 Å². The van der Waals surface area contributed by atoms with Crippen LogP contribution >= 0.6 is 0 Å². The molecule has 0 saturated heterocycles. The van der Waals surface area contributed by atoms with Crippen molar-refractivity contribution < 1.29 is 9.30 Å². The molecule has 6 rings (SSSR count). The van der Waals surface area contributed by atoms with Crippen LogP contribution in [0.15, 0.2) is 54.7 Å². The van der Waals surface area contributed by atoms with Crippen LogP contribution in [-0.2, 0) is 19.9 Å². The molecule has 2 nitrogen and oxygen atoms in total. The zero-order valence-electron chi connectivity index (χ0n) is 23.5. The van der Waals surface area contributed by atoms with Crippen molar-refractivity contribution in [2.45, 2.75) is 61.3 Å². The van der Waals surface area contributed by atoms with Gasteiger partial charge in [0.05, 0.1) is 10.9 Å². The normalized spacial score (nSPS) is 13.0. The average Bonchev–Trinajstić information content (AvgIpc) is 2.82. The number of aromatic nitrogens is 1. The van der Waals surface area contributed by atoms with Crippen LogP contribution in [0.1, 0.15) is 56.9 Å². The molecule has 0 bridgehead atoms. The Kier molecular flexibility index (Phi) is 5.39. The molecule has 5 aromatic rings. The lowest BCUT2D eigenvalue weighted by Crippen LogP contribution is -2.32. The van der Waals surface area contributed by atoms with Crippen LogP contribution in [-0.4, -0.2) is 0 Å². The van der Waals surface area contributed by atoms with Gasteiger partial charge in [-0.3, -0.25) is 0 Å². The molecule has 0 saturated carbocycles. The molecule has 0 fully saturated rings. The Labute approximate surface area is 220 Å². The number of rotatable bonds is 3. The number of hydrogen-bond donors (Lipinski definition) is 0. The molecular formula is C35H38NO+. The Hall–Kier alpha value is -3.39. The first kappa shape index (κ1) is 24.0. The van der Waals surface area contributed by atoms with Gasteiger partial charge in [-0.15, -0.1) is 0 Å². The molecule has 188 valence electrons. The standard InChI is InChI=1S/C35H38NO/c1-20(2)15-23-10-12-26-25(17-23)18-24-13-14-36(8)32-30-22(4)28-16-21(3)9-11-27(28)29(19-35(5,6)7)34(30)37-33(26)31(24)32/h9-14,16-18,20H,15,19H2,1-8H3/q+1. The molecule has 0 aliphatic carbocycles. The second-order valence-electron chi connectivity index (χ2n) is 12.8. The van der Waals surface area contributed by atoms with E-state index in [1.807, 2.05) is 0 Å². The van der Waals surface area contributed by atoms with Gasteiger partial charge in [0.1, 0.15) is 18.5 Å². The van der Waals surface area contributed by atoms with Crippen molar-refractivity contribution in [1.29, 1.82) is 0 Å². The van der Waals surface area contributed by atoms with E-state index in [0.29, 0.717) is 5.92 Å². The fourth-order valence-electron chi connectivity index (χ4n) is 6.28. The van der Waals surface area contributed by atoms with Gasteiger partial charge in [0.2, 0.25) is 5.69 Å². The third kappa shape index (κ3) is 3.89. The van der Waals surface area contributed by atoms with E-state index < -0.39 is 0 Å². The molecule has 0 N–H and O–H groups in total. The quantitative estimate of drug-likeness (QED) is 0.179. The van der Waals surface area contributed by atoms with E-state index in [1.165, 1.54) is 65.8 Å². The van der Waals surface area contributed by atoms with E-state index in [-0.39, 0.29) is 5.41 Å². The summed E-state index contributed by atoms with van der Waals surface area (Å²) in [5.41, 5.74) is 7.93. The third-order valence-corrected chi connectivity index (χ3v) is 7.83. The second kappa shape index (κ2) is 8.31. The maximum Gasteiger partial charge on any atom is 0.228 e. The highest BCUT2D eigenvalue weighted by Crippen LogP contribution is 2.53. The van der Waals surface area contributed by atoms with Crippen LogP contribution < -0.4 is 9.30 Å². The van der Waals surface area contributed by atoms with Crippen molar-refractivity contribution in [3.8, 4) is 22.8 Å². The van der Waals surface area contributed by atoms with Crippen LogP contribution in [0.5, 0.6) is 11.5 Å². The van der Waals surface area contributed by atoms with Crippen LogP contribution in [0, 0.1) is 25.2 Å². The highest BCUT2D eigenvalue weighted by molar-refractivity contribution is 6.13. The minimum Gasteiger partial charge on any atom is -0.455 e. The number of hydrogen-bond acceptors (Lipinski definition) is 1. The highest BCUT2D eigenvalue weighted by atomic mass is 16.5. The SMILES string of the molecule is Cc1ccc2c(CC(C)(C)C)c3c(c(C)c2c1)-c1c2c(c4ccc(CC(C)C)cc4cc2cc[n+]1C)O3. The zero-order chi connectivity index (χ0) is 26.2. The fourth-order valence-corrected chi connectivity index (χ4v) is 6.28. The fraction of sp³-hybridized carbons (Fsp3) is 0.343. The second-order valence-corrected chi connectivity index (χ2v) is 12.8. The highest BCUT2D eigenvalue weighted by Gasteiger charge is 2.34. The van der Waals surface area contributed by atoms with Gasteiger partial charge >= 0.3 is 0 Å². The molecule has 0 spiro atoms. The van der Waals surface area contributed by atoms with Crippen molar-refractivity contribution in [1.82, 2.24) is 0 Å². The van der Waals surface area contributed by atoms with E-state index in [0.717, 1.165) is 24.3 Å². The third-order valence-electron chi connectivity index (χ3n) is 7.83. The average molecular weight is 489 g/mol. The maximum atomic E-state index is 7.12. The number of ether oxygens (including phenoxy) is 1. The number of nitrogens with zero attached hydrogens (tertiary/aromatic N) is 1. The molecule has 2 heterocycles. The van der Waals surface area contributed by atoms with Gasteiger partial charge in [-0.25, -0.2) is 4.57 Å². The van der Waals surface area contributed by atoms with Gasteiger partial charge in [-0.05, 0) is 76.8 Å². The molecule has 0 unspecified atom stereocenters. The van der Waals surface area contributed by atoms with Gasteiger partial charge < -0.3 is 4.74 Å².